The van der Waals surface area contributed by atoms with Crippen molar-refractivity contribution in [3.8, 4) is 22.1 Å². The molecule has 4 heterocycles. The summed E-state index contributed by atoms with van der Waals surface area (Å²) in [5.41, 5.74) is 18.2. The molecule has 237 valence electrons. The number of nitrogens with one attached hydrogen (secondary N) is 2. The van der Waals surface area contributed by atoms with E-state index in [0.717, 1.165) is 103 Å². The van der Waals surface area contributed by atoms with E-state index in [1.54, 1.807) is 12.3 Å². The van der Waals surface area contributed by atoms with Crippen molar-refractivity contribution in [1.29, 1.82) is 0 Å². The fourth-order valence-electron chi connectivity index (χ4n) is 5.01. The largest absolute Gasteiger partial charge is 0.699 e. The van der Waals surface area contributed by atoms with Crippen LogP contribution in [0, 0.1) is 5.82 Å². The van der Waals surface area contributed by atoms with Gasteiger partial charge in [0.15, 0.2) is 11.6 Å². The van der Waals surface area contributed by atoms with Gasteiger partial charge in [0.25, 0.3) is 0 Å². The van der Waals surface area contributed by atoms with E-state index in [2.05, 4.69) is 33.8 Å². The summed E-state index contributed by atoms with van der Waals surface area (Å²) < 4.78 is 20.9. The summed E-state index contributed by atoms with van der Waals surface area (Å²) >= 11 is 1.51. The molecule has 0 bridgehead atoms. The van der Waals surface area contributed by atoms with Crippen molar-refractivity contribution in [3.63, 3.8) is 0 Å². The van der Waals surface area contributed by atoms with Crippen molar-refractivity contribution in [2.45, 2.75) is 64.6 Å². The number of rotatable bonds is 10. The number of aromatic nitrogens is 2. The van der Waals surface area contributed by atoms with Crippen molar-refractivity contribution in [3.05, 3.63) is 89.5 Å². The number of aliphatic hydroxyl groups is 1. The number of thiophene rings is 1. The Hall–Kier alpha value is -2.47. The third kappa shape index (κ3) is 10.0. The van der Waals surface area contributed by atoms with Gasteiger partial charge >= 0.3 is 0 Å². The fraction of sp³-hybridized carbons (Fsp3) is 0.412. The molecule has 4 aromatic rings. The van der Waals surface area contributed by atoms with Crippen LogP contribution in [0.2, 0.25) is 0 Å². The second-order valence-electron chi connectivity index (χ2n) is 11.4. The van der Waals surface area contributed by atoms with Gasteiger partial charge < -0.3 is 26.2 Å². The van der Waals surface area contributed by atoms with E-state index < -0.39 is 11.9 Å². The minimum Gasteiger partial charge on any atom is -0.699 e. The van der Waals surface area contributed by atoms with Gasteiger partial charge in [-0.1, -0.05) is 50.8 Å². The predicted octanol–water partition coefficient (Wildman–Crippen LogP) is 8.74. The first-order chi connectivity index (χ1) is 21.3. The molecular weight excluding hydrogens is 664 g/mol. The zero-order valence-corrected chi connectivity index (χ0v) is 29.7. The number of piperazine rings is 1. The number of halogens is 1. The van der Waals surface area contributed by atoms with Crippen LogP contribution < -0.4 is 4.74 Å². The zero-order chi connectivity index (χ0) is 31.1. The van der Waals surface area contributed by atoms with E-state index in [9.17, 15) is 9.50 Å². The molecule has 1 aliphatic heterocycles. The molecule has 0 spiro atoms. The summed E-state index contributed by atoms with van der Waals surface area (Å²) in [7, 11) is 0. The topological polar surface area (TPSA) is 109 Å². The quantitative estimate of drug-likeness (QED) is 0.165. The SMILES string of the molecule is CCCC/C=C(\C(C)O)N1CCN(Cc2ccc(-c3cc4nccc(Oc5ccc([NH-])cc5F)c4s3)nc2)CC1.[NH-]C1CC1.[Y]. The standard InChI is InChI=1S/C31H35FN5O2S.C3H6N.Y/c1-3-4-5-6-27(21(2)38)37-15-13-36(14-16-37)20-22-7-9-25(35-19-22)30-18-26-31(40-30)29(11-12-34-26)39-28-10-8-23(33)17-24(28)32;4-3-1-2-3;/h6-12,17-19,21,33,38H,3-5,13-16,20H2,1-2H3;3-4H,1-2H2;/q2*-1;/b27-6+;;. The average Bonchev–Trinajstić information content (AvgIpc) is 3.67. The van der Waals surface area contributed by atoms with Crippen LogP contribution >= 0.6 is 11.3 Å². The van der Waals surface area contributed by atoms with E-state index in [-0.39, 0.29) is 44.1 Å². The summed E-state index contributed by atoms with van der Waals surface area (Å²) in [5, 5.41) is 10.3. The summed E-state index contributed by atoms with van der Waals surface area (Å²) in [4.78, 5) is 14.9. The van der Waals surface area contributed by atoms with Gasteiger partial charge in [0.1, 0.15) is 5.75 Å². The molecule has 3 aromatic heterocycles. The van der Waals surface area contributed by atoms with E-state index in [1.807, 2.05) is 25.3 Å². The van der Waals surface area contributed by atoms with Gasteiger partial charge in [0, 0.05) is 89.6 Å². The molecule has 1 aromatic carbocycles. The molecule has 1 unspecified atom stereocenters. The number of benzene rings is 1. The Bertz CT molecular complexity index is 1550. The van der Waals surface area contributed by atoms with Gasteiger partial charge in [-0.2, -0.15) is 0 Å². The summed E-state index contributed by atoms with van der Waals surface area (Å²) in [6.45, 7) is 8.57. The van der Waals surface area contributed by atoms with Gasteiger partial charge in [-0.05, 0) is 43.2 Å². The van der Waals surface area contributed by atoms with Gasteiger partial charge in [-0.15, -0.1) is 23.1 Å². The number of pyridine rings is 2. The molecule has 0 amide bonds. The normalized spacial score (nSPS) is 16.1. The van der Waals surface area contributed by atoms with E-state index >= 15 is 0 Å². The monoisotopic (exact) mass is 705 g/mol. The molecule has 2 aliphatic rings. The number of nitrogens with zero attached hydrogens (tertiary/aromatic N) is 4. The molecule has 2 fully saturated rings. The van der Waals surface area contributed by atoms with Gasteiger partial charge in [0.05, 0.1) is 26.9 Å². The second kappa shape index (κ2) is 16.9. The van der Waals surface area contributed by atoms with Crippen LogP contribution in [0.4, 0.5) is 10.1 Å². The Kier molecular flexibility index (Phi) is 13.3. The van der Waals surface area contributed by atoms with Gasteiger partial charge in [-0.25, -0.2) is 4.39 Å². The summed E-state index contributed by atoms with van der Waals surface area (Å²) in [6, 6.07) is 12.3. The van der Waals surface area contributed by atoms with Crippen molar-refractivity contribution in [2.24, 2.45) is 0 Å². The molecular formula is C34H41FN6O2SY-2. The number of ether oxygens (including phenoxy) is 1. The van der Waals surface area contributed by atoms with Crippen LogP contribution in [0.1, 0.15) is 51.5 Å². The Morgan fingerprint density at radius 1 is 1.11 bits per heavy atom. The van der Waals surface area contributed by atoms with Crippen LogP contribution in [0.25, 0.3) is 32.3 Å². The molecule has 1 saturated carbocycles. The first-order valence-electron chi connectivity index (χ1n) is 15.4. The molecule has 1 radical (unpaired) electrons. The molecule has 1 saturated heterocycles. The van der Waals surface area contributed by atoms with Crippen molar-refractivity contribution >= 4 is 27.2 Å². The van der Waals surface area contributed by atoms with Crippen LogP contribution in [-0.2, 0) is 39.3 Å². The number of fused-ring (bicyclic) bond motifs is 1. The van der Waals surface area contributed by atoms with E-state index in [1.165, 1.54) is 23.5 Å². The van der Waals surface area contributed by atoms with Gasteiger partial charge in [0.2, 0.25) is 0 Å². The fourth-order valence-corrected chi connectivity index (χ4v) is 6.05. The first kappa shape index (κ1) is 35.4. The Morgan fingerprint density at radius 2 is 1.87 bits per heavy atom. The summed E-state index contributed by atoms with van der Waals surface area (Å²) in [6.07, 6.45) is 11.0. The number of allylic oxidation sites excluding steroid dienone is 1. The van der Waals surface area contributed by atoms with Crippen molar-refractivity contribution in [1.82, 2.24) is 19.8 Å². The van der Waals surface area contributed by atoms with E-state index in [0.29, 0.717) is 11.8 Å². The van der Waals surface area contributed by atoms with Crippen LogP contribution in [0.5, 0.6) is 11.5 Å². The molecule has 1 aliphatic carbocycles. The third-order valence-corrected chi connectivity index (χ3v) is 8.83. The molecule has 8 nitrogen and oxygen atoms in total. The van der Waals surface area contributed by atoms with Crippen LogP contribution in [-0.4, -0.2) is 63.2 Å². The van der Waals surface area contributed by atoms with E-state index in [4.69, 9.17) is 21.2 Å². The molecule has 1 atom stereocenters. The predicted molar refractivity (Wildman–Crippen MR) is 177 cm³/mol. The number of aliphatic hydroxyl groups excluding tert-OH is 1. The maximum absolute atomic E-state index is 14.3. The number of unbranched alkanes of at least 4 members (excludes halogenated alkanes) is 2. The van der Waals surface area contributed by atoms with Gasteiger partial charge in [-0.3, -0.25) is 14.9 Å². The molecule has 6 rings (SSSR count). The maximum Gasteiger partial charge on any atom is 0.164 e. The second-order valence-corrected chi connectivity index (χ2v) is 12.5. The first-order valence-corrected chi connectivity index (χ1v) is 16.2. The molecule has 11 heteroatoms. The van der Waals surface area contributed by atoms with Crippen molar-refractivity contribution < 1.29 is 46.9 Å². The molecule has 3 N–H and O–H groups in total. The van der Waals surface area contributed by atoms with Crippen LogP contribution in [0.15, 0.2) is 66.6 Å². The third-order valence-electron chi connectivity index (χ3n) is 7.66. The Balaban J connectivity index is 0.000000854. The smallest absolute Gasteiger partial charge is 0.164 e. The Morgan fingerprint density at radius 3 is 2.49 bits per heavy atom. The zero-order valence-electron chi connectivity index (χ0n) is 26.0. The maximum atomic E-state index is 14.3. The summed E-state index contributed by atoms with van der Waals surface area (Å²) in [5.74, 6) is 0.0312. The minimum absolute atomic E-state index is 0. The van der Waals surface area contributed by atoms with Crippen LogP contribution in [0.3, 0.4) is 0 Å². The molecule has 45 heavy (non-hydrogen) atoms. The number of hydrogen-bond donors (Lipinski definition) is 1. The Labute approximate surface area is 294 Å². The average molecular weight is 706 g/mol. The van der Waals surface area contributed by atoms with Crippen molar-refractivity contribution in [2.75, 3.05) is 26.2 Å². The number of hydrogen-bond acceptors (Lipinski definition) is 7. The minimum atomic E-state index is -0.570.